The zero-order valence-electron chi connectivity index (χ0n) is 17.2. The standard InChI is InChI=1S/C23H30N4O2S/c30-23(24-21(19-7-3-1-4-8-19)26-11-15-28-16-12-26)25-22(20-9-5-2-6-10-20)27-13-17-29-18-14-27/h1-10,21-22H,11-18H2,(H2,24,25,30). The smallest absolute Gasteiger partial charge is 0.169 e. The SMILES string of the molecule is S=C(NC(c1ccccc1)N1CCOCC1)NC(c1ccccc1)N1CCOCC1. The highest BCUT2D eigenvalue weighted by atomic mass is 32.1. The van der Waals surface area contributed by atoms with Crippen LogP contribution in [-0.2, 0) is 9.47 Å². The number of rotatable bonds is 6. The second kappa shape index (κ2) is 10.8. The largest absolute Gasteiger partial charge is 0.379 e. The molecule has 160 valence electrons. The maximum absolute atomic E-state index is 5.81. The van der Waals surface area contributed by atoms with E-state index in [2.05, 4.69) is 69.0 Å². The second-order valence-electron chi connectivity index (χ2n) is 7.54. The molecule has 0 bridgehead atoms. The normalized spacial score (nSPS) is 20.3. The lowest BCUT2D eigenvalue weighted by molar-refractivity contribution is 0.00911. The summed E-state index contributed by atoms with van der Waals surface area (Å²) < 4.78 is 11.1. The Balaban J connectivity index is 1.50. The lowest BCUT2D eigenvalue weighted by Gasteiger charge is -2.38. The summed E-state index contributed by atoms with van der Waals surface area (Å²) in [5.74, 6) is 0. The van der Waals surface area contributed by atoms with E-state index in [4.69, 9.17) is 21.7 Å². The summed E-state index contributed by atoms with van der Waals surface area (Å²) in [5.41, 5.74) is 2.40. The first-order valence-electron chi connectivity index (χ1n) is 10.6. The predicted molar refractivity (Wildman–Crippen MR) is 122 cm³/mol. The lowest BCUT2D eigenvalue weighted by Crippen LogP contribution is -2.52. The molecule has 2 unspecified atom stereocenters. The van der Waals surface area contributed by atoms with Crippen LogP contribution in [0.1, 0.15) is 23.5 Å². The molecule has 0 aromatic heterocycles. The van der Waals surface area contributed by atoms with Crippen molar-refractivity contribution in [2.24, 2.45) is 0 Å². The van der Waals surface area contributed by atoms with Crippen molar-refractivity contribution in [2.45, 2.75) is 12.3 Å². The first-order chi connectivity index (χ1) is 14.8. The van der Waals surface area contributed by atoms with Crippen molar-refractivity contribution in [1.29, 1.82) is 0 Å². The molecule has 2 aliphatic rings. The van der Waals surface area contributed by atoms with Crippen LogP contribution < -0.4 is 10.6 Å². The van der Waals surface area contributed by atoms with E-state index in [1.54, 1.807) is 0 Å². The molecule has 2 aromatic carbocycles. The highest BCUT2D eigenvalue weighted by Crippen LogP contribution is 2.21. The van der Waals surface area contributed by atoms with Gasteiger partial charge in [-0.1, -0.05) is 60.7 Å². The highest BCUT2D eigenvalue weighted by Gasteiger charge is 2.26. The molecule has 0 spiro atoms. The third-order valence-electron chi connectivity index (χ3n) is 5.59. The summed E-state index contributed by atoms with van der Waals surface area (Å²) in [5, 5.41) is 7.80. The Morgan fingerprint density at radius 1 is 0.667 bits per heavy atom. The minimum Gasteiger partial charge on any atom is -0.379 e. The van der Waals surface area contributed by atoms with Crippen molar-refractivity contribution in [3.8, 4) is 0 Å². The maximum atomic E-state index is 5.81. The first kappa shape index (κ1) is 21.2. The molecule has 2 aliphatic heterocycles. The minimum atomic E-state index is 0.0104. The third kappa shape index (κ3) is 5.56. The first-order valence-corrected chi connectivity index (χ1v) is 11.0. The molecule has 6 nitrogen and oxygen atoms in total. The average molecular weight is 427 g/mol. The van der Waals surface area contributed by atoms with E-state index >= 15 is 0 Å². The number of morpholine rings is 2. The number of nitrogens with one attached hydrogen (secondary N) is 2. The van der Waals surface area contributed by atoms with E-state index in [1.165, 1.54) is 11.1 Å². The summed E-state index contributed by atoms with van der Waals surface area (Å²) in [7, 11) is 0. The van der Waals surface area contributed by atoms with Crippen LogP contribution in [0, 0.1) is 0 Å². The zero-order valence-corrected chi connectivity index (χ0v) is 18.0. The van der Waals surface area contributed by atoms with Crippen molar-refractivity contribution in [3.05, 3.63) is 71.8 Å². The fraction of sp³-hybridized carbons (Fsp3) is 0.435. The van der Waals surface area contributed by atoms with E-state index in [0.29, 0.717) is 5.11 Å². The van der Waals surface area contributed by atoms with Gasteiger partial charge in [-0.05, 0) is 23.3 Å². The van der Waals surface area contributed by atoms with Crippen LogP contribution in [0.3, 0.4) is 0 Å². The van der Waals surface area contributed by atoms with Gasteiger partial charge in [-0.2, -0.15) is 0 Å². The third-order valence-corrected chi connectivity index (χ3v) is 5.82. The number of nitrogens with zero attached hydrogens (tertiary/aromatic N) is 2. The van der Waals surface area contributed by atoms with E-state index in [1.807, 2.05) is 12.1 Å². The Labute approximate surface area is 184 Å². The summed E-state index contributed by atoms with van der Waals surface area (Å²) in [4.78, 5) is 4.78. The Morgan fingerprint density at radius 3 is 1.40 bits per heavy atom. The molecule has 2 fully saturated rings. The monoisotopic (exact) mass is 426 g/mol. The van der Waals surface area contributed by atoms with Crippen LogP contribution in [0.25, 0.3) is 0 Å². The fourth-order valence-electron chi connectivity index (χ4n) is 4.00. The van der Waals surface area contributed by atoms with Gasteiger partial charge >= 0.3 is 0 Å². The lowest BCUT2D eigenvalue weighted by atomic mass is 10.1. The molecular formula is C23H30N4O2S. The molecule has 0 aliphatic carbocycles. The average Bonchev–Trinajstić information content (AvgIpc) is 2.83. The predicted octanol–water partition coefficient (Wildman–Crippen LogP) is 2.51. The number of ether oxygens (including phenoxy) is 2. The number of hydrogen-bond donors (Lipinski definition) is 2. The Bertz CT molecular complexity index is 715. The second-order valence-corrected chi connectivity index (χ2v) is 7.95. The molecule has 7 heteroatoms. The number of benzene rings is 2. The fourth-order valence-corrected chi connectivity index (χ4v) is 4.23. The van der Waals surface area contributed by atoms with Gasteiger partial charge in [0.25, 0.3) is 0 Å². The van der Waals surface area contributed by atoms with Crippen molar-refractivity contribution in [3.63, 3.8) is 0 Å². The molecule has 0 radical (unpaired) electrons. The minimum absolute atomic E-state index is 0.0104. The van der Waals surface area contributed by atoms with Gasteiger partial charge in [0.1, 0.15) is 12.3 Å². The topological polar surface area (TPSA) is 49.0 Å². The Kier molecular flexibility index (Phi) is 7.66. The van der Waals surface area contributed by atoms with Crippen molar-refractivity contribution in [1.82, 2.24) is 20.4 Å². The van der Waals surface area contributed by atoms with Crippen molar-refractivity contribution in [2.75, 3.05) is 52.6 Å². The molecule has 4 rings (SSSR count). The van der Waals surface area contributed by atoms with Gasteiger partial charge in [-0.3, -0.25) is 9.80 Å². The summed E-state index contributed by atoms with van der Waals surface area (Å²) in [6, 6.07) is 20.9. The van der Waals surface area contributed by atoms with E-state index < -0.39 is 0 Å². The Hall–Kier alpha value is -2.03. The van der Waals surface area contributed by atoms with Crippen molar-refractivity contribution < 1.29 is 9.47 Å². The molecular weight excluding hydrogens is 396 g/mol. The molecule has 0 saturated carbocycles. The summed E-state index contributed by atoms with van der Waals surface area (Å²) in [6.45, 7) is 6.47. The van der Waals surface area contributed by atoms with Gasteiger partial charge in [-0.15, -0.1) is 0 Å². The van der Waals surface area contributed by atoms with Crippen LogP contribution in [0.2, 0.25) is 0 Å². The molecule has 2 aromatic rings. The molecule has 2 atom stereocenters. The maximum Gasteiger partial charge on any atom is 0.169 e. The van der Waals surface area contributed by atoms with Gasteiger partial charge in [0.2, 0.25) is 0 Å². The van der Waals surface area contributed by atoms with Crippen LogP contribution >= 0.6 is 12.2 Å². The number of thiocarbonyl (C=S) groups is 1. The van der Waals surface area contributed by atoms with Crippen LogP contribution in [0.5, 0.6) is 0 Å². The quantitative estimate of drug-likeness (QED) is 0.689. The van der Waals surface area contributed by atoms with Crippen LogP contribution in [-0.4, -0.2) is 67.5 Å². The van der Waals surface area contributed by atoms with Gasteiger partial charge < -0.3 is 20.1 Å². The Morgan fingerprint density at radius 2 is 1.03 bits per heavy atom. The van der Waals surface area contributed by atoms with E-state index in [0.717, 1.165) is 52.6 Å². The zero-order chi connectivity index (χ0) is 20.6. The summed E-state index contributed by atoms with van der Waals surface area (Å²) >= 11 is 5.81. The van der Waals surface area contributed by atoms with Crippen molar-refractivity contribution >= 4 is 17.3 Å². The van der Waals surface area contributed by atoms with Crippen LogP contribution in [0.4, 0.5) is 0 Å². The van der Waals surface area contributed by atoms with E-state index in [-0.39, 0.29) is 12.3 Å². The molecule has 2 saturated heterocycles. The van der Waals surface area contributed by atoms with E-state index in [9.17, 15) is 0 Å². The van der Waals surface area contributed by atoms with Crippen LogP contribution in [0.15, 0.2) is 60.7 Å². The van der Waals surface area contributed by atoms with Gasteiger partial charge in [-0.25, -0.2) is 0 Å². The molecule has 2 N–H and O–H groups in total. The summed E-state index contributed by atoms with van der Waals surface area (Å²) in [6.07, 6.45) is 0.0208. The van der Waals surface area contributed by atoms with Gasteiger partial charge in [0.15, 0.2) is 5.11 Å². The van der Waals surface area contributed by atoms with Gasteiger partial charge in [0.05, 0.1) is 26.4 Å². The highest BCUT2D eigenvalue weighted by molar-refractivity contribution is 7.80. The van der Waals surface area contributed by atoms with Gasteiger partial charge in [0, 0.05) is 26.2 Å². The molecule has 0 amide bonds. The molecule has 30 heavy (non-hydrogen) atoms. The molecule has 2 heterocycles. The number of hydrogen-bond acceptors (Lipinski definition) is 5.